The number of aliphatic hydroxyl groups excluding tert-OH is 3. The number of methoxy groups -OCH3 is 1. The Balaban J connectivity index is 1.64. The topological polar surface area (TPSA) is 212 Å². The number of benzene rings is 2. The maximum Gasteiger partial charge on any atom is 0.202 e. The van der Waals surface area contributed by atoms with E-state index in [1.165, 1.54) is 25.3 Å². The Labute approximate surface area is 240 Å². The zero-order valence-corrected chi connectivity index (χ0v) is 23.0. The van der Waals surface area contributed by atoms with E-state index in [0.29, 0.717) is 0 Å². The van der Waals surface area contributed by atoms with Crippen molar-refractivity contribution in [1.82, 2.24) is 5.32 Å². The van der Waals surface area contributed by atoms with Crippen molar-refractivity contribution in [2.45, 2.75) is 62.4 Å². The average molecular weight is 588 g/mol. The number of ether oxygens (including phenoxy) is 3. The summed E-state index contributed by atoms with van der Waals surface area (Å²) >= 11 is 0. The number of ketones is 3. The highest BCUT2D eigenvalue weighted by atomic mass is 16.7. The van der Waals surface area contributed by atoms with Gasteiger partial charge in [0.25, 0.3) is 0 Å². The Bertz CT molecular complexity index is 1440. The molecule has 0 aromatic heterocycles. The number of hydrogen-bond donors (Lipinski definition) is 7. The molecule has 1 aliphatic heterocycles. The molecular formula is C29H33NO12. The molecule has 2 aromatic rings. The number of carbonyl (C=O) groups is 3. The van der Waals surface area contributed by atoms with Crippen molar-refractivity contribution in [1.29, 1.82) is 0 Å². The van der Waals surface area contributed by atoms with E-state index in [4.69, 9.17) is 14.2 Å². The predicted molar refractivity (Wildman–Crippen MR) is 143 cm³/mol. The molecule has 2 aliphatic carbocycles. The molecule has 3 aliphatic rings. The Morgan fingerprint density at radius 2 is 1.83 bits per heavy atom. The van der Waals surface area contributed by atoms with E-state index >= 15 is 0 Å². The van der Waals surface area contributed by atoms with E-state index in [2.05, 4.69) is 5.32 Å². The summed E-state index contributed by atoms with van der Waals surface area (Å²) in [7, 11) is 1.32. The van der Waals surface area contributed by atoms with Crippen LogP contribution in [-0.4, -0.2) is 105 Å². The number of phenols is 2. The van der Waals surface area contributed by atoms with Gasteiger partial charge in [-0.15, -0.1) is 0 Å². The standard InChI is InChI=1S/C29H33NO12/c1-12-24(34)15(30-6-7-31)8-19(41-12)42-17-10-29(39,18(33)11-32)9-14-21(17)28(38)23-22(26(14)36)25(35)13-4-3-5-16(40-2)20(13)27(23)37/h3-5,12,15,17,19,24,30-32,34,36,38-39H,6-11H2,1-2H3/t12?,15?,17-,19?,24?,29-/m0/s1. The van der Waals surface area contributed by atoms with Crippen molar-refractivity contribution in [2.75, 3.05) is 26.9 Å². The number of carbonyl (C=O) groups excluding carboxylic acids is 3. The zero-order valence-electron chi connectivity index (χ0n) is 23.0. The van der Waals surface area contributed by atoms with Crippen molar-refractivity contribution >= 4 is 17.3 Å². The minimum atomic E-state index is -2.26. The van der Waals surface area contributed by atoms with Crippen LogP contribution >= 0.6 is 0 Å². The van der Waals surface area contributed by atoms with E-state index in [1.54, 1.807) is 6.92 Å². The number of aliphatic hydroxyl groups is 4. The lowest BCUT2D eigenvalue weighted by Gasteiger charge is -2.43. The van der Waals surface area contributed by atoms with Crippen LogP contribution in [0.2, 0.25) is 0 Å². The smallest absolute Gasteiger partial charge is 0.202 e. The minimum Gasteiger partial charge on any atom is -0.507 e. The van der Waals surface area contributed by atoms with Crippen molar-refractivity contribution in [3.8, 4) is 17.2 Å². The van der Waals surface area contributed by atoms with Crippen LogP contribution in [0.5, 0.6) is 17.2 Å². The molecule has 42 heavy (non-hydrogen) atoms. The van der Waals surface area contributed by atoms with Gasteiger partial charge in [0.15, 0.2) is 17.9 Å². The van der Waals surface area contributed by atoms with Crippen LogP contribution in [0.4, 0.5) is 0 Å². The summed E-state index contributed by atoms with van der Waals surface area (Å²) in [5.74, 6) is -3.82. The molecule has 13 heteroatoms. The lowest BCUT2D eigenvalue weighted by atomic mass is 9.72. The van der Waals surface area contributed by atoms with E-state index in [1.807, 2.05) is 0 Å². The van der Waals surface area contributed by atoms with Crippen LogP contribution in [0.3, 0.4) is 0 Å². The Morgan fingerprint density at radius 1 is 1.12 bits per heavy atom. The highest BCUT2D eigenvalue weighted by molar-refractivity contribution is 6.31. The van der Waals surface area contributed by atoms with Crippen molar-refractivity contribution < 1.29 is 59.2 Å². The summed E-state index contributed by atoms with van der Waals surface area (Å²) in [6.07, 6.45) is -5.14. The zero-order chi connectivity index (χ0) is 30.5. The lowest BCUT2D eigenvalue weighted by molar-refractivity contribution is -0.249. The van der Waals surface area contributed by atoms with Crippen LogP contribution in [0.1, 0.15) is 68.8 Å². The normalized spacial score (nSPS) is 28.6. The van der Waals surface area contributed by atoms with Crippen molar-refractivity contribution in [3.63, 3.8) is 0 Å². The molecule has 13 nitrogen and oxygen atoms in total. The third kappa shape index (κ3) is 4.76. The molecule has 0 spiro atoms. The molecule has 1 fully saturated rings. The van der Waals surface area contributed by atoms with E-state index < -0.39 is 95.7 Å². The number of fused-ring (bicyclic) bond motifs is 3. The van der Waals surface area contributed by atoms with E-state index in [0.717, 1.165) is 0 Å². The summed E-state index contributed by atoms with van der Waals surface area (Å²) < 4.78 is 17.2. The molecule has 0 radical (unpaired) electrons. The molecule has 7 N–H and O–H groups in total. The van der Waals surface area contributed by atoms with Crippen LogP contribution in [0.15, 0.2) is 18.2 Å². The molecule has 6 atom stereocenters. The number of phenolic OH excluding ortho intramolecular Hbond substituents is 2. The van der Waals surface area contributed by atoms with E-state index in [-0.39, 0.29) is 47.6 Å². The Kier molecular flexibility index (Phi) is 8.11. The number of Topliss-reactive ketones (excluding diaryl/α,β-unsaturated/α-hetero) is 1. The maximum absolute atomic E-state index is 13.7. The number of rotatable bonds is 8. The van der Waals surface area contributed by atoms with Crippen LogP contribution in [-0.2, 0) is 20.7 Å². The first kappa shape index (κ1) is 30.0. The number of nitrogens with one attached hydrogen (secondary N) is 1. The molecule has 2 aromatic carbocycles. The third-order valence-corrected chi connectivity index (χ3v) is 8.28. The largest absolute Gasteiger partial charge is 0.507 e. The van der Waals surface area contributed by atoms with Gasteiger partial charge in [-0.05, 0) is 13.0 Å². The molecule has 226 valence electrons. The molecule has 5 rings (SSSR count). The van der Waals surface area contributed by atoms with Crippen LogP contribution < -0.4 is 10.1 Å². The quantitative estimate of drug-likeness (QED) is 0.168. The molecule has 4 unspecified atom stereocenters. The Hall–Kier alpha value is -3.43. The molecule has 1 heterocycles. The van der Waals surface area contributed by atoms with Gasteiger partial charge in [0.1, 0.15) is 29.5 Å². The molecule has 0 amide bonds. The van der Waals surface area contributed by atoms with Crippen molar-refractivity contribution in [3.05, 3.63) is 51.6 Å². The second-order valence-corrected chi connectivity index (χ2v) is 10.8. The van der Waals surface area contributed by atoms with Gasteiger partial charge in [0, 0.05) is 48.5 Å². The highest BCUT2D eigenvalue weighted by Crippen LogP contribution is 2.52. The summed E-state index contributed by atoms with van der Waals surface area (Å²) in [5, 5.41) is 66.6. The predicted octanol–water partition coefficient (Wildman–Crippen LogP) is -0.376. The molecule has 1 saturated heterocycles. The van der Waals surface area contributed by atoms with Gasteiger partial charge in [0.2, 0.25) is 5.78 Å². The fourth-order valence-corrected chi connectivity index (χ4v) is 6.17. The number of aromatic hydroxyl groups is 2. The average Bonchev–Trinajstić information content (AvgIpc) is 2.97. The van der Waals surface area contributed by atoms with Gasteiger partial charge in [-0.25, -0.2) is 0 Å². The maximum atomic E-state index is 13.7. The summed E-state index contributed by atoms with van der Waals surface area (Å²) in [6, 6.07) is 3.79. The summed E-state index contributed by atoms with van der Waals surface area (Å²) in [6.45, 7) is 0.565. The monoisotopic (exact) mass is 587 g/mol. The second-order valence-electron chi connectivity index (χ2n) is 10.8. The SMILES string of the molecule is COc1cccc2c1C(=O)c1c(O)c3c(c(O)c1C2=O)C[C@@](O)(C(=O)CO)C[C@@H]3OC1CC(NCCO)C(O)C(C)O1. The van der Waals surface area contributed by atoms with Gasteiger partial charge >= 0.3 is 0 Å². The van der Waals surface area contributed by atoms with Crippen LogP contribution in [0.25, 0.3) is 0 Å². The van der Waals surface area contributed by atoms with Gasteiger partial charge in [-0.2, -0.15) is 0 Å². The first-order chi connectivity index (χ1) is 20.0. The molecule has 0 saturated carbocycles. The molecular weight excluding hydrogens is 554 g/mol. The van der Waals surface area contributed by atoms with Gasteiger partial charge < -0.3 is 50.2 Å². The second kappa shape index (κ2) is 11.3. The van der Waals surface area contributed by atoms with Gasteiger partial charge in [-0.1, -0.05) is 12.1 Å². The first-order valence-corrected chi connectivity index (χ1v) is 13.5. The van der Waals surface area contributed by atoms with E-state index in [9.17, 15) is 45.0 Å². The summed E-state index contributed by atoms with van der Waals surface area (Å²) in [4.78, 5) is 40.0. The third-order valence-electron chi connectivity index (χ3n) is 8.28. The Morgan fingerprint density at radius 3 is 2.50 bits per heavy atom. The highest BCUT2D eigenvalue weighted by Gasteiger charge is 2.50. The minimum absolute atomic E-state index is 0.0589. The fourth-order valence-electron chi connectivity index (χ4n) is 6.17. The fraction of sp³-hybridized carbons (Fsp3) is 0.483. The van der Waals surface area contributed by atoms with Gasteiger partial charge in [0.05, 0.1) is 48.7 Å². The van der Waals surface area contributed by atoms with Crippen molar-refractivity contribution in [2.24, 2.45) is 0 Å². The number of hydrogen-bond acceptors (Lipinski definition) is 13. The first-order valence-electron chi connectivity index (χ1n) is 13.5. The van der Waals surface area contributed by atoms with Gasteiger partial charge in [-0.3, -0.25) is 14.4 Å². The lowest BCUT2D eigenvalue weighted by Crippen LogP contribution is -2.55. The molecule has 0 bridgehead atoms. The summed E-state index contributed by atoms with van der Waals surface area (Å²) in [5.41, 5.74) is -3.70. The van der Waals surface area contributed by atoms with Crippen LogP contribution in [0, 0.1) is 0 Å².